The predicted octanol–water partition coefficient (Wildman–Crippen LogP) is 2.75. The molecule has 1 aliphatic carbocycles. The zero-order chi connectivity index (χ0) is 18.0. The van der Waals surface area contributed by atoms with Gasteiger partial charge in [-0.3, -0.25) is 15.0 Å². The molecule has 0 spiro atoms. The third-order valence-corrected chi connectivity index (χ3v) is 6.15. The van der Waals surface area contributed by atoms with Crippen LogP contribution in [0.3, 0.4) is 0 Å². The van der Waals surface area contributed by atoms with E-state index in [9.17, 15) is 0 Å². The van der Waals surface area contributed by atoms with Crippen molar-refractivity contribution < 1.29 is 0 Å². The van der Waals surface area contributed by atoms with Crippen LogP contribution in [0.4, 0.5) is 0 Å². The summed E-state index contributed by atoms with van der Waals surface area (Å²) < 4.78 is 0. The van der Waals surface area contributed by atoms with Crippen LogP contribution in [0.5, 0.6) is 0 Å². The van der Waals surface area contributed by atoms with Gasteiger partial charge in [-0.2, -0.15) is 5.10 Å². The Hall–Kier alpha value is -1.72. The van der Waals surface area contributed by atoms with Crippen LogP contribution in [0.2, 0.25) is 0 Å². The van der Waals surface area contributed by atoms with Gasteiger partial charge in [0.1, 0.15) is 0 Å². The molecule has 2 aromatic heterocycles. The summed E-state index contributed by atoms with van der Waals surface area (Å²) in [5.41, 5.74) is 6.73. The number of aromatic nitrogens is 3. The van der Waals surface area contributed by atoms with Crippen LogP contribution in [-0.2, 0) is 24.8 Å². The van der Waals surface area contributed by atoms with E-state index in [1.165, 1.54) is 47.5 Å². The Kier molecular flexibility index (Phi) is 5.09. The van der Waals surface area contributed by atoms with Gasteiger partial charge < -0.3 is 5.32 Å². The van der Waals surface area contributed by atoms with Gasteiger partial charge in [0.15, 0.2) is 0 Å². The number of hydrogen-bond donors (Lipinski definition) is 2. The Bertz CT molecular complexity index is 727. The molecule has 3 heterocycles. The quantitative estimate of drug-likeness (QED) is 0.868. The number of piperidine rings is 1. The highest BCUT2D eigenvalue weighted by Crippen LogP contribution is 2.34. The molecule has 2 aliphatic rings. The van der Waals surface area contributed by atoms with Gasteiger partial charge in [-0.1, -0.05) is 6.07 Å². The fraction of sp³-hybridized carbons (Fsp3) is 0.619. The van der Waals surface area contributed by atoms with Gasteiger partial charge in [-0.15, -0.1) is 0 Å². The zero-order valence-electron chi connectivity index (χ0n) is 16.1. The molecule has 0 bridgehead atoms. The van der Waals surface area contributed by atoms with Gasteiger partial charge in [0, 0.05) is 36.1 Å². The smallest absolute Gasteiger partial charge is 0.0796 e. The van der Waals surface area contributed by atoms with Crippen molar-refractivity contribution >= 4 is 0 Å². The van der Waals surface area contributed by atoms with Crippen molar-refractivity contribution in [2.45, 2.75) is 57.4 Å². The van der Waals surface area contributed by atoms with Crippen LogP contribution in [0.15, 0.2) is 18.3 Å². The summed E-state index contributed by atoms with van der Waals surface area (Å²) in [5, 5.41) is 11.4. The SMILES string of the molecule is Cc1ccc(C2(CN(C)Cc3n[nH]c4c3CCCC4)CCNCC2)nc1. The lowest BCUT2D eigenvalue weighted by molar-refractivity contribution is 0.190. The van der Waals surface area contributed by atoms with Crippen molar-refractivity contribution in [3.8, 4) is 0 Å². The van der Waals surface area contributed by atoms with Crippen LogP contribution < -0.4 is 5.32 Å². The maximum atomic E-state index is 4.82. The van der Waals surface area contributed by atoms with Gasteiger partial charge in [-0.25, -0.2) is 0 Å². The fourth-order valence-corrected chi connectivity index (χ4v) is 4.69. The van der Waals surface area contributed by atoms with E-state index in [1.807, 2.05) is 6.20 Å². The van der Waals surface area contributed by atoms with E-state index < -0.39 is 0 Å². The molecular weight excluding hydrogens is 322 g/mol. The number of aromatic amines is 1. The van der Waals surface area contributed by atoms with Crippen LogP contribution in [-0.4, -0.2) is 46.8 Å². The summed E-state index contributed by atoms with van der Waals surface area (Å²) in [4.78, 5) is 7.27. The Morgan fingerprint density at radius 3 is 2.73 bits per heavy atom. The summed E-state index contributed by atoms with van der Waals surface area (Å²) in [6, 6.07) is 4.45. The second kappa shape index (κ2) is 7.49. The number of H-pyrrole nitrogens is 1. The number of aryl methyl sites for hydroxylation is 2. The average Bonchev–Trinajstić information content (AvgIpc) is 3.06. The number of pyridine rings is 1. The zero-order valence-corrected chi connectivity index (χ0v) is 16.1. The number of nitrogens with zero attached hydrogens (tertiary/aromatic N) is 3. The van der Waals surface area contributed by atoms with Crippen molar-refractivity contribution in [3.05, 3.63) is 46.5 Å². The second-order valence-corrected chi connectivity index (χ2v) is 8.26. The Balaban J connectivity index is 1.52. The highest BCUT2D eigenvalue weighted by molar-refractivity contribution is 5.28. The minimum absolute atomic E-state index is 0.143. The number of fused-ring (bicyclic) bond motifs is 1. The van der Waals surface area contributed by atoms with Crippen molar-refractivity contribution in [1.82, 2.24) is 25.4 Å². The molecule has 5 nitrogen and oxygen atoms in total. The average molecular weight is 354 g/mol. The molecule has 26 heavy (non-hydrogen) atoms. The molecule has 140 valence electrons. The van der Waals surface area contributed by atoms with E-state index in [-0.39, 0.29) is 5.41 Å². The lowest BCUT2D eigenvalue weighted by atomic mass is 9.75. The molecule has 2 N–H and O–H groups in total. The maximum absolute atomic E-state index is 4.82. The molecule has 0 saturated carbocycles. The normalized spacial score (nSPS) is 19.5. The molecule has 4 rings (SSSR count). The highest BCUT2D eigenvalue weighted by atomic mass is 15.2. The number of rotatable bonds is 5. The standard InChI is InChI=1S/C21H31N5/c1-16-7-8-20(23-13-16)21(9-11-22-12-10-21)15-26(2)14-19-17-5-3-4-6-18(17)24-25-19/h7-8,13,22H,3-6,9-12,14-15H2,1-2H3,(H,24,25). The van der Waals surface area contributed by atoms with E-state index in [0.29, 0.717) is 0 Å². The molecule has 0 atom stereocenters. The van der Waals surface area contributed by atoms with Gasteiger partial charge in [0.2, 0.25) is 0 Å². The maximum Gasteiger partial charge on any atom is 0.0796 e. The topological polar surface area (TPSA) is 56.8 Å². The largest absolute Gasteiger partial charge is 0.317 e. The van der Waals surface area contributed by atoms with Gasteiger partial charge in [-0.05, 0) is 82.8 Å². The lowest BCUT2D eigenvalue weighted by Crippen LogP contribution is -2.47. The number of likely N-dealkylation sites (N-methyl/N-ethyl adjacent to an activating group) is 1. The minimum Gasteiger partial charge on any atom is -0.317 e. The van der Waals surface area contributed by atoms with Crippen LogP contribution in [0, 0.1) is 6.92 Å². The summed E-state index contributed by atoms with van der Waals surface area (Å²) in [7, 11) is 2.24. The minimum atomic E-state index is 0.143. The van der Waals surface area contributed by atoms with Crippen LogP contribution >= 0.6 is 0 Å². The summed E-state index contributed by atoms with van der Waals surface area (Å²) >= 11 is 0. The Morgan fingerprint density at radius 2 is 1.96 bits per heavy atom. The van der Waals surface area contributed by atoms with Crippen molar-refractivity contribution in [2.75, 3.05) is 26.7 Å². The van der Waals surface area contributed by atoms with E-state index >= 15 is 0 Å². The van der Waals surface area contributed by atoms with Gasteiger partial charge in [0.05, 0.1) is 5.69 Å². The van der Waals surface area contributed by atoms with Crippen LogP contribution in [0.1, 0.15) is 53.9 Å². The number of hydrogen-bond acceptors (Lipinski definition) is 4. The third kappa shape index (κ3) is 3.55. The van der Waals surface area contributed by atoms with E-state index in [1.54, 1.807) is 0 Å². The van der Waals surface area contributed by atoms with Crippen molar-refractivity contribution in [2.24, 2.45) is 0 Å². The summed E-state index contributed by atoms with van der Waals surface area (Å²) in [6.45, 7) is 6.21. The highest BCUT2D eigenvalue weighted by Gasteiger charge is 2.36. The van der Waals surface area contributed by atoms with E-state index in [4.69, 9.17) is 4.98 Å². The van der Waals surface area contributed by atoms with Crippen molar-refractivity contribution in [3.63, 3.8) is 0 Å². The molecule has 0 radical (unpaired) electrons. The first-order chi connectivity index (χ1) is 12.7. The molecule has 0 amide bonds. The summed E-state index contributed by atoms with van der Waals surface area (Å²) in [5.74, 6) is 0. The number of nitrogens with one attached hydrogen (secondary N) is 2. The van der Waals surface area contributed by atoms with Crippen molar-refractivity contribution in [1.29, 1.82) is 0 Å². The molecule has 1 fully saturated rings. The predicted molar refractivity (Wildman–Crippen MR) is 104 cm³/mol. The first-order valence-corrected chi connectivity index (χ1v) is 10.0. The van der Waals surface area contributed by atoms with Gasteiger partial charge >= 0.3 is 0 Å². The Labute approximate surface area is 156 Å². The molecule has 1 aliphatic heterocycles. The fourth-order valence-electron chi connectivity index (χ4n) is 4.69. The third-order valence-electron chi connectivity index (χ3n) is 6.15. The first kappa shape index (κ1) is 17.7. The monoisotopic (exact) mass is 353 g/mol. The summed E-state index contributed by atoms with van der Waals surface area (Å²) in [6.07, 6.45) is 9.24. The van der Waals surface area contributed by atoms with Gasteiger partial charge in [0.25, 0.3) is 0 Å². The molecule has 1 saturated heterocycles. The molecule has 0 aromatic carbocycles. The van der Waals surface area contributed by atoms with E-state index in [0.717, 1.165) is 45.4 Å². The molecule has 0 unspecified atom stereocenters. The molecular formula is C21H31N5. The second-order valence-electron chi connectivity index (χ2n) is 8.26. The molecule has 2 aromatic rings. The first-order valence-electron chi connectivity index (χ1n) is 10.0. The lowest BCUT2D eigenvalue weighted by Gasteiger charge is -2.40. The van der Waals surface area contributed by atoms with E-state index in [2.05, 4.69) is 46.5 Å². The Morgan fingerprint density at radius 1 is 1.15 bits per heavy atom. The van der Waals surface area contributed by atoms with Crippen LogP contribution in [0.25, 0.3) is 0 Å². The molecule has 5 heteroatoms.